The summed E-state index contributed by atoms with van der Waals surface area (Å²) in [6.45, 7) is 0. The predicted molar refractivity (Wildman–Crippen MR) is 81.8 cm³/mol. The first-order valence-electron chi connectivity index (χ1n) is 7.52. The van der Waals surface area contributed by atoms with Gasteiger partial charge in [0.05, 0.1) is 25.3 Å². The molecule has 0 aliphatic heterocycles. The third kappa shape index (κ3) is 2.54. The summed E-state index contributed by atoms with van der Waals surface area (Å²) in [4.78, 5) is 4.52. The van der Waals surface area contributed by atoms with Crippen molar-refractivity contribution in [3.8, 4) is 23.0 Å². The van der Waals surface area contributed by atoms with Gasteiger partial charge in [0.1, 0.15) is 0 Å². The third-order valence-corrected chi connectivity index (χ3v) is 4.25. The molecule has 0 saturated heterocycles. The molecule has 1 fully saturated rings. The van der Waals surface area contributed by atoms with Gasteiger partial charge < -0.3 is 19.7 Å². The molecule has 1 aliphatic rings. The number of nitrogens with two attached hydrogens (primary N) is 1. The highest BCUT2D eigenvalue weighted by Crippen LogP contribution is 2.39. The lowest BCUT2D eigenvalue weighted by Crippen LogP contribution is -2.39. The number of benzene rings is 1. The second kappa shape index (κ2) is 5.96. The zero-order valence-corrected chi connectivity index (χ0v) is 13.0. The molecule has 0 bridgehead atoms. The van der Waals surface area contributed by atoms with Crippen LogP contribution in [0.4, 0.5) is 0 Å². The van der Waals surface area contributed by atoms with Crippen LogP contribution in [-0.2, 0) is 5.54 Å². The largest absolute Gasteiger partial charge is 0.493 e. The first-order chi connectivity index (χ1) is 10.7. The first kappa shape index (κ1) is 14.8. The molecule has 118 valence electrons. The summed E-state index contributed by atoms with van der Waals surface area (Å²) in [5.74, 6) is 2.18. The van der Waals surface area contributed by atoms with Crippen molar-refractivity contribution in [2.45, 2.75) is 37.6 Å². The Morgan fingerprint density at radius 1 is 1.14 bits per heavy atom. The monoisotopic (exact) mass is 303 g/mol. The molecule has 1 aromatic carbocycles. The maximum absolute atomic E-state index is 6.46. The van der Waals surface area contributed by atoms with Crippen LogP contribution in [0.2, 0.25) is 0 Å². The Kier molecular flexibility index (Phi) is 4.02. The standard InChI is InChI=1S/C16H21N3O3/c1-20-12-8-6-7-11(13(12)21-2)14-18-15(19-22-14)16(17)9-4-3-5-10-16/h6-8H,3-5,9-10,17H2,1-2H3. The van der Waals surface area contributed by atoms with Gasteiger partial charge in [-0.2, -0.15) is 4.98 Å². The van der Waals surface area contributed by atoms with Crippen molar-refractivity contribution in [1.82, 2.24) is 10.1 Å². The van der Waals surface area contributed by atoms with Crippen LogP contribution in [0.5, 0.6) is 11.5 Å². The van der Waals surface area contributed by atoms with Gasteiger partial charge >= 0.3 is 0 Å². The molecule has 0 unspecified atom stereocenters. The smallest absolute Gasteiger partial charge is 0.261 e. The van der Waals surface area contributed by atoms with E-state index in [0.29, 0.717) is 28.8 Å². The molecule has 2 N–H and O–H groups in total. The fourth-order valence-corrected chi connectivity index (χ4v) is 3.00. The molecule has 22 heavy (non-hydrogen) atoms. The number of rotatable bonds is 4. The van der Waals surface area contributed by atoms with Gasteiger partial charge in [0.25, 0.3) is 5.89 Å². The minimum atomic E-state index is -0.480. The van der Waals surface area contributed by atoms with Crippen LogP contribution >= 0.6 is 0 Å². The highest BCUT2D eigenvalue weighted by Gasteiger charge is 2.34. The van der Waals surface area contributed by atoms with Crippen molar-refractivity contribution in [1.29, 1.82) is 0 Å². The molecule has 1 aromatic heterocycles. The lowest BCUT2D eigenvalue weighted by Gasteiger charge is -2.29. The van der Waals surface area contributed by atoms with Crippen LogP contribution < -0.4 is 15.2 Å². The van der Waals surface area contributed by atoms with Crippen molar-refractivity contribution in [2.75, 3.05) is 14.2 Å². The van der Waals surface area contributed by atoms with E-state index >= 15 is 0 Å². The van der Waals surface area contributed by atoms with Crippen LogP contribution in [0.15, 0.2) is 22.7 Å². The summed E-state index contributed by atoms with van der Waals surface area (Å²) in [5, 5.41) is 4.11. The van der Waals surface area contributed by atoms with E-state index in [-0.39, 0.29) is 0 Å². The van der Waals surface area contributed by atoms with Gasteiger partial charge in [0, 0.05) is 0 Å². The molecule has 0 spiro atoms. The minimum absolute atomic E-state index is 0.404. The second-order valence-corrected chi connectivity index (χ2v) is 5.68. The van der Waals surface area contributed by atoms with Crippen LogP contribution in [-0.4, -0.2) is 24.4 Å². The SMILES string of the molecule is COc1cccc(-c2nc(C3(N)CCCCC3)no2)c1OC. The van der Waals surface area contributed by atoms with E-state index in [1.165, 1.54) is 6.42 Å². The Bertz CT molecular complexity index is 648. The van der Waals surface area contributed by atoms with Gasteiger partial charge in [-0.3, -0.25) is 0 Å². The maximum atomic E-state index is 6.46. The lowest BCUT2D eigenvalue weighted by atomic mass is 9.82. The molecule has 6 heteroatoms. The first-order valence-corrected chi connectivity index (χ1v) is 7.52. The average molecular weight is 303 g/mol. The van der Waals surface area contributed by atoms with E-state index in [4.69, 9.17) is 19.7 Å². The van der Waals surface area contributed by atoms with E-state index in [0.717, 1.165) is 25.7 Å². The van der Waals surface area contributed by atoms with Crippen molar-refractivity contribution in [3.63, 3.8) is 0 Å². The molecule has 0 radical (unpaired) electrons. The number of methoxy groups -OCH3 is 2. The third-order valence-electron chi connectivity index (χ3n) is 4.25. The quantitative estimate of drug-likeness (QED) is 0.935. The Morgan fingerprint density at radius 3 is 2.59 bits per heavy atom. The Hall–Kier alpha value is -2.08. The van der Waals surface area contributed by atoms with Crippen LogP contribution in [0.3, 0.4) is 0 Å². The molecular weight excluding hydrogens is 282 g/mol. The highest BCUT2D eigenvalue weighted by atomic mass is 16.5. The molecule has 1 aliphatic carbocycles. The van der Waals surface area contributed by atoms with Crippen LogP contribution in [0, 0.1) is 0 Å². The summed E-state index contributed by atoms with van der Waals surface area (Å²) in [6.07, 6.45) is 5.20. The number of hydrogen-bond acceptors (Lipinski definition) is 6. The number of hydrogen-bond donors (Lipinski definition) is 1. The second-order valence-electron chi connectivity index (χ2n) is 5.68. The fourth-order valence-electron chi connectivity index (χ4n) is 3.00. The highest BCUT2D eigenvalue weighted by molar-refractivity contribution is 5.67. The summed E-state index contributed by atoms with van der Waals surface area (Å²) in [7, 11) is 3.18. The molecule has 1 saturated carbocycles. The van der Waals surface area contributed by atoms with Crippen molar-refractivity contribution in [2.24, 2.45) is 5.73 Å². The van der Waals surface area contributed by atoms with E-state index < -0.39 is 5.54 Å². The molecule has 2 aromatic rings. The van der Waals surface area contributed by atoms with Gasteiger partial charge in [-0.25, -0.2) is 0 Å². The summed E-state index contributed by atoms with van der Waals surface area (Å²) in [5.41, 5.74) is 6.69. The normalized spacial score (nSPS) is 17.2. The van der Waals surface area contributed by atoms with Gasteiger partial charge in [-0.05, 0) is 25.0 Å². The molecule has 0 atom stereocenters. The van der Waals surface area contributed by atoms with Gasteiger partial charge in [-0.1, -0.05) is 30.5 Å². The molecule has 6 nitrogen and oxygen atoms in total. The van der Waals surface area contributed by atoms with Gasteiger partial charge in [0.2, 0.25) is 0 Å². The Labute approximate surface area is 129 Å². The average Bonchev–Trinajstić information content (AvgIpc) is 3.05. The number of aromatic nitrogens is 2. The summed E-state index contributed by atoms with van der Waals surface area (Å²) in [6, 6.07) is 5.55. The van der Waals surface area contributed by atoms with Crippen molar-refractivity contribution >= 4 is 0 Å². The number of para-hydroxylation sites is 1. The summed E-state index contributed by atoms with van der Waals surface area (Å²) < 4.78 is 16.2. The Balaban J connectivity index is 1.97. The van der Waals surface area contributed by atoms with E-state index in [9.17, 15) is 0 Å². The molecular formula is C16H21N3O3. The van der Waals surface area contributed by atoms with E-state index in [1.807, 2.05) is 18.2 Å². The van der Waals surface area contributed by atoms with Crippen molar-refractivity contribution in [3.05, 3.63) is 24.0 Å². The molecule has 0 amide bonds. The predicted octanol–water partition coefficient (Wildman–Crippen LogP) is 2.87. The van der Waals surface area contributed by atoms with Crippen LogP contribution in [0.25, 0.3) is 11.5 Å². The van der Waals surface area contributed by atoms with Crippen molar-refractivity contribution < 1.29 is 14.0 Å². The van der Waals surface area contributed by atoms with E-state index in [2.05, 4.69) is 10.1 Å². The summed E-state index contributed by atoms with van der Waals surface area (Å²) >= 11 is 0. The molecule has 1 heterocycles. The molecule has 3 rings (SSSR count). The van der Waals surface area contributed by atoms with Gasteiger partial charge in [0.15, 0.2) is 17.3 Å². The topological polar surface area (TPSA) is 83.4 Å². The zero-order valence-electron chi connectivity index (χ0n) is 13.0. The Morgan fingerprint density at radius 2 is 1.91 bits per heavy atom. The number of nitrogens with zero attached hydrogens (tertiary/aromatic N) is 2. The fraction of sp³-hybridized carbons (Fsp3) is 0.500. The zero-order chi connectivity index (χ0) is 15.6. The van der Waals surface area contributed by atoms with Crippen LogP contribution in [0.1, 0.15) is 37.9 Å². The van der Waals surface area contributed by atoms with Gasteiger partial charge in [-0.15, -0.1) is 0 Å². The maximum Gasteiger partial charge on any atom is 0.261 e. The minimum Gasteiger partial charge on any atom is -0.493 e. The lowest BCUT2D eigenvalue weighted by molar-refractivity contribution is 0.275. The number of ether oxygens (including phenoxy) is 2. The van der Waals surface area contributed by atoms with E-state index in [1.54, 1.807) is 14.2 Å².